The van der Waals surface area contributed by atoms with Crippen LogP contribution in [0.3, 0.4) is 0 Å². The van der Waals surface area contributed by atoms with Crippen molar-refractivity contribution in [2.24, 2.45) is 0 Å². The maximum absolute atomic E-state index is 12.1. The zero-order valence-electron chi connectivity index (χ0n) is 12.6. The molecule has 0 aliphatic heterocycles. The van der Waals surface area contributed by atoms with E-state index in [0.717, 1.165) is 6.42 Å². The predicted octanol–water partition coefficient (Wildman–Crippen LogP) is 1.64. The van der Waals surface area contributed by atoms with E-state index in [1.54, 1.807) is 0 Å². The summed E-state index contributed by atoms with van der Waals surface area (Å²) in [6.07, 6.45) is 1.02. The maximum atomic E-state index is 12.1. The molecule has 0 heterocycles. The third-order valence-corrected chi connectivity index (χ3v) is 3.56. The van der Waals surface area contributed by atoms with Crippen molar-refractivity contribution in [2.75, 3.05) is 25.9 Å². The van der Waals surface area contributed by atoms with Gasteiger partial charge in [0.2, 0.25) is 0 Å². The van der Waals surface area contributed by atoms with Gasteiger partial charge >= 0.3 is 0 Å². The van der Waals surface area contributed by atoms with Gasteiger partial charge in [-0.3, -0.25) is 14.9 Å². The summed E-state index contributed by atoms with van der Waals surface area (Å²) < 4.78 is 0. The van der Waals surface area contributed by atoms with Crippen LogP contribution in [0.2, 0.25) is 0 Å². The van der Waals surface area contributed by atoms with Crippen LogP contribution in [0.5, 0.6) is 0 Å². The molecule has 116 valence electrons. The van der Waals surface area contributed by atoms with Crippen LogP contribution in [-0.4, -0.2) is 41.9 Å². The molecule has 1 amide bonds. The molecule has 21 heavy (non-hydrogen) atoms. The Morgan fingerprint density at radius 1 is 1.52 bits per heavy atom. The normalized spacial score (nSPS) is 12.2. The number of nitro benzene ring substituents is 1. The first-order valence-electron chi connectivity index (χ1n) is 6.89. The summed E-state index contributed by atoms with van der Waals surface area (Å²) in [5.41, 5.74) is 5.66. The monoisotopic (exact) mass is 294 g/mol. The zero-order valence-corrected chi connectivity index (χ0v) is 12.6. The molecule has 7 heteroatoms. The van der Waals surface area contributed by atoms with Crippen LogP contribution in [0.25, 0.3) is 0 Å². The standard InChI is InChI=1S/C14H22N4O3/c1-4-10(2)17(3)8-7-16-14(19)12-9-11(15)5-6-13(12)18(20)21/h5-6,9-10H,4,7-8,15H2,1-3H3,(H,16,19). The molecule has 1 aromatic rings. The number of carbonyl (C=O) groups is 1. The molecule has 1 rings (SSSR count). The third-order valence-electron chi connectivity index (χ3n) is 3.56. The second kappa shape index (κ2) is 7.58. The molecule has 0 radical (unpaired) electrons. The van der Waals surface area contributed by atoms with E-state index in [4.69, 9.17) is 5.73 Å². The number of benzene rings is 1. The Morgan fingerprint density at radius 3 is 2.76 bits per heavy atom. The van der Waals surface area contributed by atoms with Gasteiger partial charge in [0.05, 0.1) is 4.92 Å². The molecule has 0 aromatic heterocycles. The van der Waals surface area contributed by atoms with E-state index in [1.807, 2.05) is 7.05 Å². The van der Waals surface area contributed by atoms with Crippen molar-refractivity contribution in [3.05, 3.63) is 33.9 Å². The van der Waals surface area contributed by atoms with E-state index in [1.165, 1.54) is 18.2 Å². The lowest BCUT2D eigenvalue weighted by Gasteiger charge is -2.23. The minimum atomic E-state index is -0.584. The number of carbonyl (C=O) groups excluding carboxylic acids is 1. The molecule has 1 aromatic carbocycles. The van der Waals surface area contributed by atoms with Gasteiger partial charge in [0.25, 0.3) is 11.6 Å². The molecule has 0 saturated heterocycles. The fraction of sp³-hybridized carbons (Fsp3) is 0.500. The zero-order chi connectivity index (χ0) is 16.0. The van der Waals surface area contributed by atoms with Crippen LogP contribution < -0.4 is 11.1 Å². The summed E-state index contributed by atoms with van der Waals surface area (Å²) >= 11 is 0. The highest BCUT2D eigenvalue weighted by Gasteiger charge is 2.20. The molecule has 1 unspecified atom stereocenters. The molecule has 0 aliphatic carbocycles. The third kappa shape index (κ3) is 4.71. The number of nitro groups is 1. The average Bonchev–Trinajstić information content (AvgIpc) is 2.45. The largest absolute Gasteiger partial charge is 0.399 e. The van der Waals surface area contributed by atoms with E-state index in [0.29, 0.717) is 24.8 Å². The highest BCUT2D eigenvalue weighted by Crippen LogP contribution is 2.20. The molecule has 0 fully saturated rings. The van der Waals surface area contributed by atoms with E-state index >= 15 is 0 Å². The summed E-state index contributed by atoms with van der Waals surface area (Å²) in [5.74, 6) is -0.480. The van der Waals surface area contributed by atoms with Gasteiger partial charge in [0, 0.05) is 30.9 Å². The second-order valence-corrected chi connectivity index (χ2v) is 5.03. The Balaban J connectivity index is 2.68. The Bertz CT molecular complexity index is 519. The van der Waals surface area contributed by atoms with Gasteiger partial charge < -0.3 is 16.0 Å². The van der Waals surface area contributed by atoms with E-state index in [9.17, 15) is 14.9 Å². The number of hydrogen-bond donors (Lipinski definition) is 2. The molecule has 3 N–H and O–H groups in total. The summed E-state index contributed by atoms with van der Waals surface area (Å²) in [6, 6.07) is 4.40. The van der Waals surface area contributed by atoms with Gasteiger partial charge in [-0.05, 0) is 32.5 Å². The fourth-order valence-corrected chi connectivity index (χ4v) is 1.87. The number of nitrogens with one attached hydrogen (secondary N) is 1. The molecular formula is C14H22N4O3. The summed E-state index contributed by atoms with van der Waals surface area (Å²) in [4.78, 5) is 24.5. The fourth-order valence-electron chi connectivity index (χ4n) is 1.87. The van der Waals surface area contributed by atoms with Gasteiger partial charge in [0.15, 0.2) is 0 Å². The number of amides is 1. The van der Waals surface area contributed by atoms with Gasteiger partial charge in [-0.2, -0.15) is 0 Å². The molecule has 1 atom stereocenters. The van der Waals surface area contributed by atoms with Crippen LogP contribution >= 0.6 is 0 Å². The van der Waals surface area contributed by atoms with E-state index < -0.39 is 10.8 Å². The lowest BCUT2D eigenvalue weighted by Crippen LogP contribution is -2.37. The molecule has 7 nitrogen and oxygen atoms in total. The van der Waals surface area contributed by atoms with Crippen LogP contribution in [0.1, 0.15) is 30.6 Å². The van der Waals surface area contributed by atoms with Crippen LogP contribution in [-0.2, 0) is 0 Å². The minimum absolute atomic E-state index is 0.00815. The smallest absolute Gasteiger partial charge is 0.282 e. The Kier molecular flexibility index (Phi) is 6.10. The number of nitrogen functional groups attached to an aromatic ring is 1. The van der Waals surface area contributed by atoms with Crippen molar-refractivity contribution in [1.82, 2.24) is 10.2 Å². The first-order chi connectivity index (χ1) is 9.86. The maximum Gasteiger partial charge on any atom is 0.282 e. The Morgan fingerprint density at radius 2 is 2.19 bits per heavy atom. The SMILES string of the molecule is CCC(C)N(C)CCNC(=O)c1cc(N)ccc1[N+](=O)[O-]. The topological polar surface area (TPSA) is 102 Å². The average molecular weight is 294 g/mol. The van der Waals surface area contributed by atoms with Crippen molar-refractivity contribution in [3.63, 3.8) is 0 Å². The number of anilines is 1. The summed E-state index contributed by atoms with van der Waals surface area (Å²) in [5, 5.41) is 13.6. The lowest BCUT2D eigenvalue weighted by atomic mass is 10.1. The Labute approximate surface area is 124 Å². The van der Waals surface area contributed by atoms with Crippen molar-refractivity contribution >= 4 is 17.3 Å². The summed E-state index contributed by atoms with van der Waals surface area (Å²) in [7, 11) is 1.98. The number of nitrogens with zero attached hydrogens (tertiary/aromatic N) is 2. The number of nitrogens with two attached hydrogens (primary N) is 1. The first-order valence-corrected chi connectivity index (χ1v) is 6.89. The minimum Gasteiger partial charge on any atom is -0.399 e. The molecule has 0 saturated carbocycles. The predicted molar refractivity (Wildman–Crippen MR) is 82.2 cm³/mol. The number of hydrogen-bond acceptors (Lipinski definition) is 5. The molecular weight excluding hydrogens is 272 g/mol. The van der Waals surface area contributed by atoms with Crippen molar-refractivity contribution in [3.8, 4) is 0 Å². The van der Waals surface area contributed by atoms with Crippen LogP contribution in [0.4, 0.5) is 11.4 Å². The van der Waals surface area contributed by atoms with E-state index in [-0.39, 0.29) is 11.3 Å². The van der Waals surface area contributed by atoms with E-state index in [2.05, 4.69) is 24.1 Å². The highest BCUT2D eigenvalue weighted by molar-refractivity contribution is 5.99. The quantitative estimate of drug-likeness (QED) is 0.452. The lowest BCUT2D eigenvalue weighted by molar-refractivity contribution is -0.385. The number of rotatable bonds is 7. The first kappa shape index (κ1) is 16.9. The molecule has 0 bridgehead atoms. The van der Waals surface area contributed by atoms with Gasteiger partial charge in [-0.15, -0.1) is 0 Å². The van der Waals surface area contributed by atoms with Gasteiger partial charge in [0.1, 0.15) is 5.56 Å². The van der Waals surface area contributed by atoms with Crippen molar-refractivity contribution in [2.45, 2.75) is 26.3 Å². The number of likely N-dealkylation sites (N-methyl/N-ethyl adjacent to an activating group) is 1. The summed E-state index contributed by atoms with van der Waals surface area (Å²) in [6.45, 7) is 5.29. The van der Waals surface area contributed by atoms with Crippen LogP contribution in [0.15, 0.2) is 18.2 Å². The van der Waals surface area contributed by atoms with Gasteiger partial charge in [-0.1, -0.05) is 6.92 Å². The highest BCUT2D eigenvalue weighted by atomic mass is 16.6. The van der Waals surface area contributed by atoms with Gasteiger partial charge in [-0.25, -0.2) is 0 Å². The molecule has 0 spiro atoms. The Hall–Kier alpha value is -2.15. The van der Waals surface area contributed by atoms with Crippen molar-refractivity contribution < 1.29 is 9.72 Å². The van der Waals surface area contributed by atoms with Crippen molar-refractivity contribution in [1.29, 1.82) is 0 Å². The van der Waals surface area contributed by atoms with Crippen LogP contribution in [0, 0.1) is 10.1 Å². The second-order valence-electron chi connectivity index (χ2n) is 5.03. The molecule has 0 aliphatic rings.